The van der Waals surface area contributed by atoms with Gasteiger partial charge in [-0.25, -0.2) is 23.7 Å². The zero-order valence-electron chi connectivity index (χ0n) is 18.5. The Kier molecular flexibility index (Phi) is 6.59. The maximum atomic E-state index is 13.4. The number of alkyl halides is 2. The highest BCUT2D eigenvalue weighted by molar-refractivity contribution is 7.21. The first-order valence-electron chi connectivity index (χ1n) is 10.7. The van der Waals surface area contributed by atoms with Crippen LogP contribution in [0.3, 0.4) is 0 Å². The second kappa shape index (κ2) is 9.42. The number of methoxy groups -OCH3 is 1. The van der Waals surface area contributed by atoms with Crippen molar-refractivity contribution >= 4 is 39.0 Å². The predicted octanol–water partition coefficient (Wildman–Crippen LogP) is 4.19. The monoisotopic (exact) mass is 476 g/mol. The number of aromatic nitrogens is 3. The summed E-state index contributed by atoms with van der Waals surface area (Å²) >= 11 is 1.21. The van der Waals surface area contributed by atoms with Crippen LogP contribution in [-0.4, -0.2) is 52.4 Å². The number of pyridine rings is 1. The normalized spacial score (nSPS) is 16.0. The Labute approximate surface area is 194 Å². The number of carbonyl (C=O) groups excluding carboxylic acids is 1. The Morgan fingerprint density at radius 1 is 1.33 bits per heavy atom. The Bertz CT molecular complexity index is 1150. The molecule has 176 valence electrons. The Hall–Kier alpha value is -3.08. The molecule has 8 nitrogen and oxygen atoms in total. The minimum absolute atomic E-state index is 0.0898. The van der Waals surface area contributed by atoms with E-state index in [-0.39, 0.29) is 24.7 Å². The minimum atomic E-state index is -2.56. The topological polar surface area (TPSA) is 106 Å². The van der Waals surface area contributed by atoms with Crippen LogP contribution < -0.4 is 15.8 Å². The Morgan fingerprint density at radius 2 is 2.09 bits per heavy atom. The summed E-state index contributed by atoms with van der Waals surface area (Å²) in [6, 6.07) is 3.59. The fourth-order valence-electron chi connectivity index (χ4n) is 3.97. The summed E-state index contributed by atoms with van der Waals surface area (Å²) in [5, 5.41) is 3.83. The average molecular weight is 477 g/mol. The number of nitrogens with zero attached hydrogens (tertiary/aromatic N) is 4. The summed E-state index contributed by atoms with van der Waals surface area (Å²) in [5.74, 6) is -1.65. The highest BCUT2D eigenvalue weighted by Gasteiger charge is 2.34. The van der Waals surface area contributed by atoms with Crippen LogP contribution >= 0.6 is 11.3 Å². The molecular formula is C22H26F2N6O2S. The molecule has 0 bridgehead atoms. The molecule has 0 spiro atoms. The van der Waals surface area contributed by atoms with Crippen molar-refractivity contribution in [3.8, 4) is 5.88 Å². The second-order valence-electron chi connectivity index (χ2n) is 8.30. The lowest BCUT2D eigenvalue weighted by Gasteiger charge is -2.28. The molecule has 3 heterocycles. The zero-order valence-corrected chi connectivity index (χ0v) is 19.3. The van der Waals surface area contributed by atoms with Crippen LogP contribution in [0.25, 0.3) is 10.2 Å². The molecular weight excluding hydrogens is 450 g/mol. The van der Waals surface area contributed by atoms with E-state index in [1.807, 2.05) is 6.07 Å². The van der Waals surface area contributed by atoms with Gasteiger partial charge in [0.05, 0.1) is 18.2 Å². The van der Waals surface area contributed by atoms with Gasteiger partial charge in [0, 0.05) is 45.2 Å². The van der Waals surface area contributed by atoms with E-state index >= 15 is 0 Å². The molecule has 4 rings (SSSR count). The van der Waals surface area contributed by atoms with Crippen molar-refractivity contribution in [1.29, 1.82) is 0 Å². The molecule has 3 aromatic rings. The summed E-state index contributed by atoms with van der Waals surface area (Å²) < 4.78 is 32.0. The molecule has 0 atom stereocenters. The van der Waals surface area contributed by atoms with Crippen LogP contribution in [0.1, 0.15) is 40.9 Å². The number of nitrogens with two attached hydrogens (primary N) is 1. The first-order valence-corrected chi connectivity index (χ1v) is 11.5. The number of halogens is 2. The molecule has 0 aromatic carbocycles. The van der Waals surface area contributed by atoms with Crippen LogP contribution in [0, 0.1) is 5.92 Å². The van der Waals surface area contributed by atoms with Gasteiger partial charge in [0.25, 0.3) is 5.91 Å². The molecule has 1 aliphatic carbocycles. The van der Waals surface area contributed by atoms with E-state index in [2.05, 4.69) is 20.3 Å². The number of amides is 1. The molecule has 0 unspecified atom stereocenters. The molecule has 0 saturated heterocycles. The predicted molar refractivity (Wildman–Crippen MR) is 124 cm³/mol. The number of hydrogen-bond donors (Lipinski definition) is 2. The number of anilines is 2. The van der Waals surface area contributed by atoms with Crippen molar-refractivity contribution in [2.75, 3.05) is 31.8 Å². The van der Waals surface area contributed by atoms with Crippen LogP contribution in [0.5, 0.6) is 5.88 Å². The van der Waals surface area contributed by atoms with Crippen LogP contribution in [0.4, 0.5) is 20.3 Å². The average Bonchev–Trinajstić information content (AvgIpc) is 3.15. The van der Waals surface area contributed by atoms with E-state index < -0.39 is 5.92 Å². The number of nitrogens with one attached hydrogen (secondary N) is 1. The third-order valence-corrected chi connectivity index (χ3v) is 6.99. The van der Waals surface area contributed by atoms with Crippen molar-refractivity contribution in [3.63, 3.8) is 0 Å². The maximum Gasteiger partial charge on any atom is 0.266 e. The van der Waals surface area contributed by atoms with E-state index in [0.717, 1.165) is 5.56 Å². The molecule has 1 saturated carbocycles. The first kappa shape index (κ1) is 23.1. The largest absolute Gasteiger partial charge is 0.481 e. The van der Waals surface area contributed by atoms with E-state index in [0.29, 0.717) is 58.4 Å². The fourth-order valence-corrected chi connectivity index (χ4v) is 5.03. The van der Waals surface area contributed by atoms with E-state index in [9.17, 15) is 13.6 Å². The molecule has 11 heteroatoms. The SMILES string of the molecule is COc1cc(CN(C)C(=O)c2sc3ncnc(NCC4CCC(F)(F)CC4)c3c2N)ccn1. The second-order valence-corrected chi connectivity index (χ2v) is 9.29. The number of ether oxygens (including phenoxy) is 1. The zero-order chi connectivity index (χ0) is 23.6. The van der Waals surface area contributed by atoms with Gasteiger partial charge >= 0.3 is 0 Å². The molecule has 1 aliphatic rings. The van der Waals surface area contributed by atoms with Crippen molar-refractivity contribution in [1.82, 2.24) is 19.9 Å². The lowest BCUT2D eigenvalue weighted by atomic mass is 9.87. The van der Waals surface area contributed by atoms with Crippen LogP contribution in [0.15, 0.2) is 24.7 Å². The summed E-state index contributed by atoms with van der Waals surface area (Å²) in [7, 11) is 3.23. The Balaban J connectivity index is 1.49. The van der Waals surface area contributed by atoms with Crippen LogP contribution in [-0.2, 0) is 6.54 Å². The third kappa shape index (κ3) is 5.13. The maximum absolute atomic E-state index is 13.4. The van der Waals surface area contributed by atoms with Crippen molar-refractivity contribution in [2.24, 2.45) is 5.92 Å². The molecule has 0 radical (unpaired) electrons. The molecule has 1 fully saturated rings. The molecule has 0 aliphatic heterocycles. The highest BCUT2D eigenvalue weighted by Crippen LogP contribution is 2.38. The van der Waals surface area contributed by atoms with Gasteiger partial charge in [0.1, 0.15) is 21.9 Å². The van der Waals surface area contributed by atoms with Gasteiger partial charge in [-0.1, -0.05) is 0 Å². The molecule has 3 N–H and O–H groups in total. The van der Waals surface area contributed by atoms with Gasteiger partial charge < -0.3 is 20.7 Å². The van der Waals surface area contributed by atoms with Gasteiger partial charge in [0.2, 0.25) is 11.8 Å². The standard InChI is InChI=1S/C22H26F2N6O2S/c1-30(11-14-5-8-26-15(9-14)32-2)21(31)18-17(25)16-19(28-12-29-20(16)33-18)27-10-13-3-6-22(23,24)7-4-13/h5,8-9,12-13H,3-4,6-7,10-11,25H2,1-2H3,(H,27,28,29). The summed E-state index contributed by atoms with van der Waals surface area (Å²) in [4.78, 5) is 28.3. The highest BCUT2D eigenvalue weighted by atomic mass is 32.1. The molecule has 33 heavy (non-hydrogen) atoms. The number of rotatable bonds is 7. The quantitative estimate of drug-likeness (QED) is 0.527. The number of nitrogen functional groups attached to an aromatic ring is 1. The summed E-state index contributed by atoms with van der Waals surface area (Å²) in [5.41, 5.74) is 7.57. The van der Waals surface area contributed by atoms with Gasteiger partial charge in [0.15, 0.2) is 0 Å². The lowest BCUT2D eigenvalue weighted by molar-refractivity contribution is -0.0443. The molecule has 3 aromatic heterocycles. The number of hydrogen-bond acceptors (Lipinski definition) is 8. The van der Waals surface area contributed by atoms with E-state index in [1.165, 1.54) is 24.8 Å². The van der Waals surface area contributed by atoms with Crippen molar-refractivity contribution in [2.45, 2.75) is 38.2 Å². The third-order valence-electron chi connectivity index (χ3n) is 5.89. The van der Waals surface area contributed by atoms with Gasteiger partial charge in [-0.2, -0.15) is 0 Å². The Morgan fingerprint density at radius 3 is 2.82 bits per heavy atom. The minimum Gasteiger partial charge on any atom is -0.481 e. The summed E-state index contributed by atoms with van der Waals surface area (Å²) in [6.45, 7) is 0.874. The number of carbonyl (C=O) groups is 1. The fraction of sp³-hybridized carbons (Fsp3) is 0.455. The van der Waals surface area contributed by atoms with Crippen LogP contribution in [0.2, 0.25) is 0 Å². The summed E-state index contributed by atoms with van der Waals surface area (Å²) in [6.07, 6.45) is 3.78. The molecule has 1 amide bonds. The van der Waals surface area contributed by atoms with Gasteiger partial charge in [-0.15, -0.1) is 11.3 Å². The van der Waals surface area contributed by atoms with Crippen molar-refractivity contribution < 1.29 is 18.3 Å². The van der Waals surface area contributed by atoms with E-state index in [4.69, 9.17) is 10.5 Å². The van der Waals surface area contributed by atoms with Gasteiger partial charge in [-0.3, -0.25) is 4.79 Å². The van der Waals surface area contributed by atoms with Gasteiger partial charge in [-0.05, 0) is 30.4 Å². The number of thiophene rings is 1. The smallest absolute Gasteiger partial charge is 0.266 e. The lowest BCUT2D eigenvalue weighted by Crippen LogP contribution is -2.28. The van der Waals surface area contributed by atoms with Crippen molar-refractivity contribution in [3.05, 3.63) is 35.1 Å². The first-order chi connectivity index (χ1) is 15.8. The van der Waals surface area contributed by atoms with E-state index in [1.54, 1.807) is 24.2 Å². The number of fused-ring (bicyclic) bond motifs is 1.